The van der Waals surface area contributed by atoms with E-state index in [0.717, 1.165) is 18.5 Å². The maximum absolute atomic E-state index is 10.8. The SMILES string of the molecule is CCCc1ccc(Nc2ncc(C(=O)O)cc2N)cc1. The zero-order valence-electron chi connectivity index (χ0n) is 11.3. The Morgan fingerprint density at radius 1 is 1.35 bits per heavy atom. The monoisotopic (exact) mass is 271 g/mol. The molecule has 0 radical (unpaired) electrons. The van der Waals surface area contributed by atoms with Crippen LogP contribution in [-0.2, 0) is 6.42 Å². The largest absolute Gasteiger partial charge is 0.478 e. The smallest absolute Gasteiger partial charge is 0.337 e. The fourth-order valence-corrected chi connectivity index (χ4v) is 1.88. The second-order valence-corrected chi connectivity index (χ2v) is 4.54. The maximum atomic E-state index is 10.8. The van der Waals surface area contributed by atoms with Gasteiger partial charge in [-0.1, -0.05) is 25.5 Å². The molecule has 2 aromatic rings. The number of nitrogens with one attached hydrogen (secondary N) is 1. The van der Waals surface area contributed by atoms with Crippen molar-refractivity contribution in [3.05, 3.63) is 47.7 Å². The first-order valence-corrected chi connectivity index (χ1v) is 6.45. The Hall–Kier alpha value is -2.56. The zero-order chi connectivity index (χ0) is 14.5. The Kier molecular flexibility index (Phi) is 4.20. The number of nitrogens with zero attached hydrogens (tertiary/aromatic N) is 1. The molecule has 0 aliphatic carbocycles. The number of rotatable bonds is 5. The highest BCUT2D eigenvalue weighted by Crippen LogP contribution is 2.22. The average molecular weight is 271 g/mol. The third-order valence-electron chi connectivity index (χ3n) is 2.92. The lowest BCUT2D eigenvalue weighted by Crippen LogP contribution is -2.03. The summed E-state index contributed by atoms with van der Waals surface area (Å²) in [5.74, 6) is -0.585. The molecule has 1 aromatic heterocycles. The van der Waals surface area contributed by atoms with Crippen LogP contribution in [0.25, 0.3) is 0 Å². The molecule has 0 aliphatic heterocycles. The summed E-state index contributed by atoms with van der Waals surface area (Å²) < 4.78 is 0. The fourth-order valence-electron chi connectivity index (χ4n) is 1.88. The molecule has 1 heterocycles. The van der Waals surface area contributed by atoms with Gasteiger partial charge in [-0.15, -0.1) is 0 Å². The summed E-state index contributed by atoms with van der Waals surface area (Å²) in [6, 6.07) is 9.40. The molecule has 20 heavy (non-hydrogen) atoms. The first kappa shape index (κ1) is 13.9. The fraction of sp³-hybridized carbons (Fsp3) is 0.200. The van der Waals surface area contributed by atoms with Crippen LogP contribution in [0.2, 0.25) is 0 Å². The zero-order valence-corrected chi connectivity index (χ0v) is 11.3. The first-order valence-electron chi connectivity index (χ1n) is 6.45. The van der Waals surface area contributed by atoms with Gasteiger partial charge in [-0.3, -0.25) is 0 Å². The number of aromatic carboxylic acids is 1. The second kappa shape index (κ2) is 6.06. The summed E-state index contributed by atoms with van der Waals surface area (Å²) in [7, 11) is 0. The number of aromatic nitrogens is 1. The van der Waals surface area contributed by atoms with Gasteiger partial charge in [0.05, 0.1) is 11.3 Å². The highest BCUT2D eigenvalue weighted by atomic mass is 16.4. The number of benzene rings is 1. The molecule has 104 valence electrons. The van der Waals surface area contributed by atoms with Crippen molar-refractivity contribution in [3.63, 3.8) is 0 Å². The Bertz CT molecular complexity index is 609. The molecule has 0 fully saturated rings. The highest BCUT2D eigenvalue weighted by molar-refractivity contribution is 5.89. The van der Waals surface area contributed by atoms with E-state index in [9.17, 15) is 4.79 Å². The summed E-state index contributed by atoms with van der Waals surface area (Å²) in [6.45, 7) is 2.14. The number of nitrogen functional groups attached to an aromatic ring is 1. The number of anilines is 3. The molecule has 0 bridgehead atoms. The van der Waals surface area contributed by atoms with E-state index in [1.807, 2.05) is 24.3 Å². The van der Waals surface area contributed by atoms with Crippen LogP contribution in [0.4, 0.5) is 17.2 Å². The van der Waals surface area contributed by atoms with Gasteiger partial charge in [0.1, 0.15) is 0 Å². The number of hydrogen-bond acceptors (Lipinski definition) is 4. The third kappa shape index (κ3) is 3.26. The van der Waals surface area contributed by atoms with Crippen LogP contribution in [0, 0.1) is 0 Å². The first-order chi connectivity index (χ1) is 9.60. The minimum Gasteiger partial charge on any atom is -0.478 e. The number of aryl methyl sites for hydroxylation is 1. The van der Waals surface area contributed by atoms with Crippen molar-refractivity contribution in [2.24, 2.45) is 0 Å². The lowest BCUT2D eigenvalue weighted by molar-refractivity contribution is 0.0696. The van der Waals surface area contributed by atoms with Gasteiger partial charge in [0.25, 0.3) is 0 Å². The Balaban J connectivity index is 2.15. The standard InChI is InChI=1S/C15H17N3O2/c1-2-3-10-4-6-12(7-5-10)18-14-13(16)8-11(9-17-14)15(19)20/h4-9H,2-3,16H2,1H3,(H,17,18)(H,19,20). The van der Waals surface area contributed by atoms with Gasteiger partial charge < -0.3 is 16.2 Å². The Labute approximate surface area is 117 Å². The summed E-state index contributed by atoms with van der Waals surface area (Å²) >= 11 is 0. The van der Waals surface area contributed by atoms with E-state index in [-0.39, 0.29) is 5.56 Å². The van der Waals surface area contributed by atoms with E-state index < -0.39 is 5.97 Å². The molecule has 4 N–H and O–H groups in total. The molecule has 0 unspecified atom stereocenters. The molecule has 0 atom stereocenters. The van der Waals surface area contributed by atoms with Gasteiger partial charge in [0.2, 0.25) is 0 Å². The van der Waals surface area contributed by atoms with E-state index in [1.165, 1.54) is 17.8 Å². The normalized spacial score (nSPS) is 10.2. The number of carbonyl (C=O) groups is 1. The van der Waals surface area contributed by atoms with Crippen molar-refractivity contribution in [1.29, 1.82) is 0 Å². The van der Waals surface area contributed by atoms with Gasteiger partial charge in [0, 0.05) is 11.9 Å². The van der Waals surface area contributed by atoms with Gasteiger partial charge >= 0.3 is 5.97 Å². The van der Waals surface area contributed by atoms with E-state index in [2.05, 4.69) is 17.2 Å². The van der Waals surface area contributed by atoms with E-state index in [4.69, 9.17) is 10.8 Å². The topological polar surface area (TPSA) is 88.2 Å². The predicted octanol–water partition coefficient (Wildman–Crippen LogP) is 3.06. The number of pyridine rings is 1. The van der Waals surface area contributed by atoms with E-state index >= 15 is 0 Å². The summed E-state index contributed by atoms with van der Waals surface area (Å²) in [5.41, 5.74) is 8.33. The van der Waals surface area contributed by atoms with Crippen molar-refractivity contribution >= 4 is 23.2 Å². The van der Waals surface area contributed by atoms with Gasteiger partial charge in [-0.05, 0) is 30.2 Å². The molecular formula is C15H17N3O2. The van der Waals surface area contributed by atoms with Crippen molar-refractivity contribution in [2.45, 2.75) is 19.8 Å². The summed E-state index contributed by atoms with van der Waals surface area (Å²) in [5, 5.41) is 11.9. The molecular weight excluding hydrogens is 254 g/mol. The van der Waals surface area contributed by atoms with Crippen LogP contribution in [0.5, 0.6) is 0 Å². The summed E-state index contributed by atoms with van der Waals surface area (Å²) in [4.78, 5) is 14.8. The predicted molar refractivity (Wildman–Crippen MR) is 79.3 cm³/mol. The van der Waals surface area contributed by atoms with Crippen LogP contribution in [-0.4, -0.2) is 16.1 Å². The van der Waals surface area contributed by atoms with Crippen molar-refractivity contribution in [3.8, 4) is 0 Å². The minimum absolute atomic E-state index is 0.0753. The van der Waals surface area contributed by atoms with Gasteiger partial charge in [-0.2, -0.15) is 0 Å². The molecule has 0 saturated heterocycles. The van der Waals surface area contributed by atoms with Gasteiger partial charge in [-0.25, -0.2) is 9.78 Å². The third-order valence-corrected chi connectivity index (χ3v) is 2.92. The highest BCUT2D eigenvalue weighted by Gasteiger charge is 2.07. The molecule has 0 saturated carbocycles. The van der Waals surface area contributed by atoms with Crippen molar-refractivity contribution in [1.82, 2.24) is 4.98 Å². The van der Waals surface area contributed by atoms with Crippen molar-refractivity contribution < 1.29 is 9.90 Å². The lowest BCUT2D eigenvalue weighted by atomic mass is 10.1. The molecule has 0 aliphatic rings. The molecule has 2 rings (SSSR count). The van der Waals surface area contributed by atoms with Crippen LogP contribution in [0.3, 0.4) is 0 Å². The number of carboxylic acid groups (broad SMARTS) is 1. The quantitative estimate of drug-likeness (QED) is 0.777. The Morgan fingerprint density at radius 2 is 2.05 bits per heavy atom. The number of hydrogen-bond donors (Lipinski definition) is 3. The van der Waals surface area contributed by atoms with Crippen LogP contribution in [0.15, 0.2) is 36.5 Å². The molecule has 0 spiro atoms. The molecule has 0 amide bonds. The lowest BCUT2D eigenvalue weighted by Gasteiger charge is -2.09. The van der Waals surface area contributed by atoms with Crippen LogP contribution >= 0.6 is 0 Å². The van der Waals surface area contributed by atoms with E-state index in [0.29, 0.717) is 11.5 Å². The average Bonchev–Trinajstić information content (AvgIpc) is 2.43. The molecule has 5 nitrogen and oxygen atoms in total. The van der Waals surface area contributed by atoms with Crippen LogP contribution < -0.4 is 11.1 Å². The number of carboxylic acids is 1. The molecule has 1 aromatic carbocycles. The van der Waals surface area contributed by atoms with E-state index in [1.54, 1.807) is 0 Å². The van der Waals surface area contributed by atoms with Crippen molar-refractivity contribution in [2.75, 3.05) is 11.1 Å². The minimum atomic E-state index is -1.04. The number of nitrogens with two attached hydrogens (primary N) is 1. The van der Waals surface area contributed by atoms with Gasteiger partial charge in [0.15, 0.2) is 5.82 Å². The second-order valence-electron chi connectivity index (χ2n) is 4.54. The van der Waals surface area contributed by atoms with Crippen LogP contribution in [0.1, 0.15) is 29.3 Å². The Morgan fingerprint density at radius 3 is 2.60 bits per heavy atom. The molecule has 5 heteroatoms. The summed E-state index contributed by atoms with van der Waals surface area (Å²) in [6.07, 6.45) is 3.44. The maximum Gasteiger partial charge on any atom is 0.337 e.